The molecule has 1 aromatic heterocycles. The maximum atomic E-state index is 8.57. The first-order valence-electron chi connectivity index (χ1n) is 4.08. The van der Waals surface area contributed by atoms with E-state index in [1.165, 1.54) is 0 Å². The molecule has 0 amide bonds. The van der Waals surface area contributed by atoms with Gasteiger partial charge in [-0.05, 0) is 29.3 Å². The zero-order valence-electron chi connectivity index (χ0n) is 7.42. The van der Waals surface area contributed by atoms with E-state index < -0.39 is 0 Å². The van der Waals surface area contributed by atoms with Crippen molar-refractivity contribution in [3.63, 3.8) is 0 Å². The van der Waals surface area contributed by atoms with Crippen LogP contribution >= 0.6 is 15.9 Å². The highest BCUT2D eigenvalue weighted by Crippen LogP contribution is 2.11. The summed E-state index contributed by atoms with van der Waals surface area (Å²) < 4.78 is 0.770. The number of rotatable bonds is 4. The molecule has 0 radical (unpaired) electrons. The first-order chi connectivity index (χ1) is 6.22. The molecule has 0 aliphatic rings. The molecule has 1 aromatic rings. The van der Waals surface area contributed by atoms with Crippen molar-refractivity contribution in [2.24, 2.45) is 0 Å². The SMILES string of the molecule is Cc1nc(Br)cc(NCCCO)n1. The molecule has 1 heterocycles. The second-order valence-electron chi connectivity index (χ2n) is 2.63. The van der Waals surface area contributed by atoms with Gasteiger partial charge in [0.25, 0.3) is 0 Å². The summed E-state index contributed by atoms with van der Waals surface area (Å²) in [6.07, 6.45) is 0.723. The Morgan fingerprint density at radius 1 is 1.54 bits per heavy atom. The van der Waals surface area contributed by atoms with Crippen LogP contribution in [0.1, 0.15) is 12.2 Å². The predicted octanol–water partition coefficient (Wildman–Crippen LogP) is 1.34. The lowest BCUT2D eigenvalue weighted by Crippen LogP contribution is -2.06. The third kappa shape index (κ3) is 3.69. The second-order valence-corrected chi connectivity index (χ2v) is 3.44. The summed E-state index contributed by atoms with van der Waals surface area (Å²) in [6.45, 7) is 2.75. The molecule has 4 nitrogen and oxygen atoms in total. The van der Waals surface area contributed by atoms with Crippen LogP contribution in [0.4, 0.5) is 5.82 Å². The van der Waals surface area contributed by atoms with Crippen molar-refractivity contribution in [3.05, 3.63) is 16.5 Å². The van der Waals surface area contributed by atoms with Crippen molar-refractivity contribution in [1.29, 1.82) is 0 Å². The number of halogens is 1. The number of nitrogens with one attached hydrogen (secondary N) is 1. The Balaban J connectivity index is 2.56. The van der Waals surface area contributed by atoms with Crippen LogP contribution in [0.3, 0.4) is 0 Å². The lowest BCUT2D eigenvalue weighted by Gasteiger charge is -2.04. The van der Waals surface area contributed by atoms with Crippen LogP contribution < -0.4 is 5.32 Å². The Bertz CT molecular complexity index is 260. The summed E-state index contributed by atoms with van der Waals surface area (Å²) in [6, 6.07) is 1.81. The van der Waals surface area contributed by atoms with Crippen LogP contribution in [-0.2, 0) is 0 Å². The van der Waals surface area contributed by atoms with Gasteiger partial charge in [-0.2, -0.15) is 0 Å². The quantitative estimate of drug-likeness (QED) is 0.621. The summed E-state index contributed by atoms with van der Waals surface area (Å²) in [5.74, 6) is 1.51. The highest BCUT2D eigenvalue weighted by molar-refractivity contribution is 9.10. The van der Waals surface area contributed by atoms with Gasteiger partial charge < -0.3 is 10.4 Å². The molecule has 0 spiro atoms. The van der Waals surface area contributed by atoms with Gasteiger partial charge in [0.15, 0.2) is 0 Å². The lowest BCUT2D eigenvalue weighted by atomic mass is 10.4. The third-order valence-electron chi connectivity index (χ3n) is 1.45. The maximum absolute atomic E-state index is 8.57. The standard InChI is InChI=1S/C8H12BrN3O/c1-6-11-7(9)5-8(12-6)10-3-2-4-13/h5,13H,2-4H2,1H3,(H,10,11,12). The van der Waals surface area contributed by atoms with E-state index in [-0.39, 0.29) is 6.61 Å². The summed E-state index contributed by atoms with van der Waals surface area (Å²) in [5, 5.41) is 11.7. The van der Waals surface area contributed by atoms with Crippen LogP contribution in [0, 0.1) is 6.92 Å². The molecule has 0 fully saturated rings. The van der Waals surface area contributed by atoms with Crippen molar-refractivity contribution < 1.29 is 5.11 Å². The van der Waals surface area contributed by atoms with E-state index in [0.29, 0.717) is 0 Å². The summed E-state index contributed by atoms with van der Waals surface area (Å²) in [4.78, 5) is 8.25. The molecule has 0 saturated heterocycles. The molecule has 0 saturated carbocycles. The van der Waals surface area contributed by atoms with Gasteiger partial charge in [-0.1, -0.05) is 0 Å². The minimum atomic E-state index is 0.193. The molecule has 1 rings (SSSR count). The molecule has 0 unspecified atom stereocenters. The summed E-state index contributed by atoms with van der Waals surface area (Å²) in [5.41, 5.74) is 0. The van der Waals surface area contributed by atoms with Crippen LogP contribution in [0.15, 0.2) is 10.7 Å². The summed E-state index contributed by atoms with van der Waals surface area (Å²) >= 11 is 3.28. The minimum Gasteiger partial charge on any atom is -0.396 e. The highest BCUT2D eigenvalue weighted by Gasteiger charge is 1.97. The Labute approximate surface area is 85.5 Å². The Morgan fingerprint density at radius 3 is 2.92 bits per heavy atom. The average Bonchev–Trinajstić information content (AvgIpc) is 2.03. The van der Waals surface area contributed by atoms with Crippen molar-refractivity contribution in [2.45, 2.75) is 13.3 Å². The molecular formula is C8H12BrN3O. The number of nitrogens with zero attached hydrogens (tertiary/aromatic N) is 2. The van der Waals surface area contributed by atoms with Gasteiger partial charge in [-0.3, -0.25) is 0 Å². The predicted molar refractivity (Wildman–Crippen MR) is 54.7 cm³/mol. The smallest absolute Gasteiger partial charge is 0.130 e. The van der Waals surface area contributed by atoms with Gasteiger partial charge >= 0.3 is 0 Å². The van der Waals surface area contributed by atoms with Gasteiger partial charge in [-0.25, -0.2) is 9.97 Å². The molecule has 0 aliphatic heterocycles. The minimum absolute atomic E-state index is 0.193. The maximum Gasteiger partial charge on any atom is 0.130 e. The van der Waals surface area contributed by atoms with E-state index in [4.69, 9.17) is 5.11 Å². The highest BCUT2D eigenvalue weighted by atomic mass is 79.9. The largest absolute Gasteiger partial charge is 0.396 e. The van der Waals surface area contributed by atoms with E-state index in [1.54, 1.807) is 0 Å². The number of anilines is 1. The van der Waals surface area contributed by atoms with Crippen molar-refractivity contribution in [3.8, 4) is 0 Å². The molecule has 0 atom stereocenters. The van der Waals surface area contributed by atoms with Gasteiger partial charge in [0.2, 0.25) is 0 Å². The fourth-order valence-electron chi connectivity index (χ4n) is 0.917. The lowest BCUT2D eigenvalue weighted by molar-refractivity contribution is 0.292. The van der Waals surface area contributed by atoms with E-state index in [2.05, 4.69) is 31.2 Å². The van der Waals surface area contributed by atoms with Crippen molar-refractivity contribution in [1.82, 2.24) is 9.97 Å². The van der Waals surface area contributed by atoms with Gasteiger partial charge in [-0.15, -0.1) is 0 Å². The van der Waals surface area contributed by atoms with Crippen LogP contribution in [0.5, 0.6) is 0 Å². The van der Waals surface area contributed by atoms with E-state index in [0.717, 1.165) is 29.2 Å². The third-order valence-corrected chi connectivity index (χ3v) is 1.85. The fourth-order valence-corrected chi connectivity index (χ4v) is 1.39. The zero-order valence-corrected chi connectivity index (χ0v) is 9.00. The van der Waals surface area contributed by atoms with Gasteiger partial charge in [0.1, 0.15) is 16.2 Å². The number of hydrogen-bond donors (Lipinski definition) is 2. The molecule has 13 heavy (non-hydrogen) atoms. The first kappa shape index (κ1) is 10.4. The molecule has 72 valence electrons. The molecular weight excluding hydrogens is 234 g/mol. The molecule has 0 bridgehead atoms. The average molecular weight is 246 g/mol. The normalized spacial score (nSPS) is 10.1. The monoisotopic (exact) mass is 245 g/mol. The summed E-state index contributed by atoms with van der Waals surface area (Å²) in [7, 11) is 0. The topological polar surface area (TPSA) is 58.0 Å². The number of aliphatic hydroxyl groups excluding tert-OH is 1. The Kier molecular flexibility index (Phi) is 4.11. The number of aromatic nitrogens is 2. The molecule has 2 N–H and O–H groups in total. The van der Waals surface area contributed by atoms with Gasteiger partial charge in [0.05, 0.1) is 0 Å². The molecule has 0 aromatic carbocycles. The van der Waals surface area contributed by atoms with Crippen LogP contribution in [-0.4, -0.2) is 28.2 Å². The molecule has 5 heteroatoms. The van der Waals surface area contributed by atoms with Crippen LogP contribution in [0.2, 0.25) is 0 Å². The second kappa shape index (κ2) is 5.14. The van der Waals surface area contributed by atoms with E-state index >= 15 is 0 Å². The first-order valence-corrected chi connectivity index (χ1v) is 4.87. The van der Waals surface area contributed by atoms with Crippen molar-refractivity contribution in [2.75, 3.05) is 18.5 Å². The van der Waals surface area contributed by atoms with Crippen molar-refractivity contribution >= 4 is 21.7 Å². The Hall–Kier alpha value is -0.680. The zero-order chi connectivity index (χ0) is 9.68. The fraction of sp³-hybridized carbons (Fsp3) is 0.500. The van der Waals surface area contributed by atoms with Gasteiger partial charge in [0, 0.05) is 19.2 Å². The number of hydrogen-bond acceptors (Lipinski definition) is 4. The molecule has 0 aliphatic carbocycles. The number of aliphatic hydroxyl groups is 1. The van der Waals surface area contributed by atoms with Crippen LogP contribution in [0.25, 0.3) is 0 Å². The number of aryl methyl sites for hydroxylation is 1. The van der Waals surface area contributed by atoms with E-state index in [1.807, 2.05) is 13.0 Å². The van der Waals surface area contributed by atoms with E-state index in [9.17, 15) is 0 Å². The Morgan fingerprint density at radius 2 is 2.31 bits per heavy atom.